The highest BCUT2D eigenvalue weighted by atomic mass is 32.2. The molecule has 10 heteroatoms. The second kappa shape index (κ2) is 10.6. The molecule has 1 atom stereocenters. The van der Waals surface area contributed by atoms with E-state index in [0.29, 0.717) is 12.2 Å². The van der Waals surface area contributed by atoms with E-state index in [0.717, 1.165) is 28.5 Å². The van der Waals surface area contributed by atoms with Gasteiger partial charge in [0, 0.05) is 13.0 Å². The quantitative estimate of drug-likeness (QED) is 0.414. The van der Waals surface area contributed by atoms with Gasteiger partial charge in [-0.15, -0.1) is 0 Å². The molecule has 0 radical (unpaired) electrons. The number of benzene rings is 2. The van der Waals surface area contributed by atoms with Gasteiger partial charge in [-0.05, 0) is 40.7 Å². The van der Waals surface area contributed by atoms with E-state index in [-0.39, 0.29) is 23.9 Å². The molecule has 182 valence electrons. The molecule has 3 aromatic rings. The Morgan fingerprint density at radius 3 is 2.34 bits per heavy atom. The Morgan fingerprint density at radius 2 is 1.74 bits per heavy atom. The molecule has 9 nitrogen and oxygen atoms in total. The fourth-order valence-corrected chi connectivity index (χ4v) is 4.70. The van der Waals surface area contributed by atoms with Crippen LogP contribution in [0.2, 0.25) is 0 Å². The first-order chi connectivity index (χ1) is 16.9. The van der Waals surface area contributed by atoms with Crippen molar-refractivity contribution >= 4 is 35.5 Å². The van der Waals surface area contributed by atoms with Crippen molar-refractivity contribution in [2.24, 2.45) is 7.05 Å². The van der Waals surface area contributed by atoms with E-state index in [1.54, 1.807) is 0 Å². The van der Waals surface area contributed by atoms with E-state index >= 15 is 0 Å². The third-order valence-electron chi connectivity index (χ3n) is 5.97. The molecule has 3 N–H and O–H groups in total. The molecule has 2 amide bonds. The number of carbonyl (C=O) groups excluding carboxylic acids is 2. The summed E-state index contributed by atoms with van der Waals surface area (Å²) in [6, 6.07) is 15.2. The van der Waals surface area contributed by atoms with Gasteiger partial charge in [0.15, 0.2) is 0 Å². The summed E-state index contributed by atoms with van der Waals surface area (Å²) in [5.74, 6) is -1.19. The number of nitrogens with one attached hydrogen (secondary N) is 2. The number of amides is 2. The van der Waals surface area contributed by atoms with Gasteiger partial charge in [-0.3, -0.25) is 9.48 Å². The number of carbonyl (C=O) groups is 3. The molecule has 0 saturated carbocycles. The van der Waals surface area contributed by atoms with Crippen LogP contribution in [0.5, 0.6) is 0 Å². The summed E-state index contributed by atoms with van der Waals surface area (Å²) < 4.78 is 6.84. The number of carboxylic acid groups (broad SMARTS) is 1. The zero-order valence-electron chi connectivity index (χ0n) is 19.4. The van der Waals surface area contributed by atoms with Crippen LogP contribution in [0.4, 0.5) is 10.6 Å². The molecular weight excluding hydrogens is 468 g/mol. The fourth-order valence-electron chi connectivity index (χ4n) is 4.23. The number of alkyl carbamates (subject to hydrolysis) is 1. The summed E-state index contributed by atoms with van der Waals surface area (Å²) >= 11 is 1.53. The summed E-state index contributed by atoms with van der Waals surface area (Å²) in [5.41, 5.74) is 4.30. The minimum Gasteiger partial charge on any atom is -0.477 e. The molecule has 1 aliphatic carbocycles. The van der Waals surface area contributed by atoms with Crippen LogP contribution >= 0.6 is 11.8 Å². The van der Waals surface area contributed by atoms with Gasteiger partial charge in [0.05, 0.1) is 6.20 Å². The minimum atomic E-state index is -1.21. The SMILES string of the molecule is CSCC[C@@H](NC(=O)OCC1c2ccccc2-c2ccccc21)C(=O)Nc1c(C(=O)O)cnn1C. The average Bonchev–Trinajstić information content (AvgIpc) is 3.38. The zero-order valence-corrected chi connectivity index (χ0v) is 20.2. The third kappa shape index (κ3) is 5.17. The molecule has 4 rings (SSSR count). The number of anilines is 1. The molecule has 0 bridgehead atoms. The number of aromatic nitrogens is 2. The van der Waals surface area contributed by atoms with Gasteiger partial charge < -0.3 is 20.5 Å². The summed E-state index contributed by atoms with van der Waals surface area (Å²) in [4.78, 5) is 37.1. The maximum atomic E-state index is 12.9. The Balaban J connectivity index is 1.44. The van der Waals surface area contributed by atoms with E-state index in [4.69, 9.17) is 4.74 Å². The lowest BCUT2D eigenvalue weighted by Crippen LogP contribution is -2.45. The zero-order chi connectivity index (χ0) is 24.9. The molecule has 1 aromatic heterocycles. The summed E-state index contributed by atoms with van der Waals surface area (Å²) in [5, 5.41) is 18.4. The molecular formula is C25H26N4O5S. The molecule has 2 aromatic carbocycles. The maximum absolute atomic E-state index is 12.9. The van der Waals surface area contributed by atoms with Crippen molar-refractivity contribution in [2.45, 2.75) is 18.4 Å². The summed E-state index contributed by atoms with van der Waals surface area (Å²) in [7, 11) is 1.53. The lowest BCUT2D eigenvalue weighted by atomic mass is 9.98. The number of rotatable bonds is 9. The standard InChI is InChI=1S/C25H26N4O5S/c1-29-22(19(13-26-29)24(31)32)28-23(30)21(11-12-35-2)27-25(33)34-14-20-17-9-5-3-7-15(17)16-8-4-6-10-18(16)20/h3-10,13,20-21H,11-12,14H2,1-2H3,(H,27,33)(H,28,30)(H,31,32)/t21-/m1/s1. The van der Waals surface area contributed by atoms with Crippen LogP contribution in [0.25, 0.3) is 11.1 Å². The van der Waals surface area contributed by atoms with Crippen LogP contribution in [0.3, 0.4) is 0 Å². The molecule has 0 fully saturated rings. The topological polar surface area (TPSA) is 123 Å². The average molecular weight is 495 g/mol. The van der Waals surface area contributed by atoms with Crippen LogP contribution in [0, 0.1) is 0 Å². The Morgan fingerprint density at radius 1 is 1.11 bits per heavy atom. The number of aryl methyl sites for hydroxylation is 1. The molecule has 1 aliphatic rings. The van der Waals surface area contributed by atoms with Gasteiger partial charge >= 0.3 is 12.1 Å². The Bertz CT molecular complexity index is 1210. The van der Waals surface area contributed by atoms with Crippen molar-refractivity contribution in [2.75, 3.05) is 23.9 Å². The maximum Gasteiger partial charge on any atom is 0.407 e. The lowest BCUT2D eigenvalue weighted by molar-refractivity contribution is -0.118. The van der Waals surface area contributed by atoms with E-state index < -0.39 is 24.0 Å². The van der Waals surface area contributed by atoms with E-state index in [9.17, 15) is 19.5 Å². The second-order valence-electron chi connectivity index (χ2n) is 8.13. The van der Waals surface area contributed by atoms with E-state index in [1.807, 2.05) is 42.7 Å². The first-order valence-corrected chi connectivity index (χ1v) is 12.5. The number of thioether (sulfide) groups is 1. The number of hydrogen-bond acceptors (Lipinski definition) is 6. The molecule has 0 spiro atoms. The van der Waals surface area contributed by atoms with Crippen LogP contribution in [0.15, 0.2) is 54.7 Å². The number of fused-ring (bicyclic) bond motifs is 3. The Hall–Kier alpha value is -3.79. The summed E-state index contributed by atoms with van der Waals surface area (Å²) in [6.45, 7) is 0.127. The molecule has 0 aliphatic heterocycles. The monoisotopic (exact) mass is 494 g/mol. The first-order valence-electron chi connectivity index (χ1n) is 11.1. The third-order valence-corrected chi connectivity index (χ3v) is 6.62. The van der Waals surface area contributed by atoms with E-state index in [1.165, 1.54) is 23.5 Å². The van der Waals surface area contributed by atoms with Gasteiger partial charge in [-0.25, -0.2) is 9.59 Å². The van der Waals surface area contributed by atoms with Crippen molar-refractivity contribution in [3.8, 4) is 11.1 Å². The largest absolute Gasteiger partial charge is 0.477 e. The van der Waals surface area contributed by atoms with Crippen molar-refractivity contribution in [1.82, 2.24) is 15.1 Å². The Kier molecular flexibility index (Phi) is 7.40. The van der Waals surface area contributed by atoms with Crippen molar-refractivity contribution < 1.29 is 24.2 Å². The normalized spacial score (nSPS) is 13.0. The smallest absolute Gasteiger partial charge is 0.407 e. The van der Waals surface area contributed by atoms with E-state index in [2.05, 4.69) is 27.9 Å². The first kappa shape index (κ1) is 24.3. The molecule has 35 heavy (non-hydrogen) atoms. The lowest BCUT2D eigenvalue weighted by Gasteiger charge is -2.20. The number of carboxylic acids is 1. The highest BCUT2D eigenvalue weighted by Crippen LogP contribution is 2.44. The highest BCUT2D eigenvalue weighted by molar-refractivity contribution is 7.98. The van der Waals surface area contributed by atoms with Crippen LogP contribution < -0.4 is 10.6 Å². The fraction of sp³-hybridized carbons (Fsp3) is 0.280. The van der Waals surface area contributed by atoms with Crippen molar-refractivity contribution in [1.29, 1.82) is 0 Å². The van der Waals surface area contributed by atoms with Gasteiger partial charge in [0.25, 0.3) is 0 Å². The molecule has 0 saturated heterocycles. The predicted molar refractivity (Wildman–Crippen MR) is 134 cm³/mol. The second-order valence-corrected chi connectivity index (χ2v) is 9.11. The minimum absolute atomic E-state index is 0.0472. The Labute approximate surface area is 206 Å². The summed E-state index contributed by atoms with van der Waals surface area (Å²) in [6.07, 6.45) is 2.69. The van der Waals surface area contributed by atoms with Gasteiger partial charge in [-0.1, -0.05) is 48.5 Å². The van der Waals surface area contributed by atoms with Crippen molar-refractivity contribution in [3.63, 3.8) is 0 Å². The van der Waals surface area contributed by atoms with Crippen LogP contribution in [-0.4, -0.2) is 57.5 Å². The number of aromatic carboxylic acids is 1. The molecule has 0 unspecified atom stereocenters. The van der Waals surface area contributed by atoms with Crippen LogP contribution in [-0.2, 0) is 16.6 Å². The van der Waals surface area contributed by atoms with Crippen LogP contribution in [0.1, 0.15) is 33.8 Å². The van der Waals surface area contributed by atoms with Crippen molar-refractivity contribution in [3.05, 3.63) is 71.4 Å². The predicted octanol–water partition coefficient (Wildman–Crippen LogP) is 3.72. The molecule has 1 heterocycles. The van der Waals surface area contributed by atoms with Gasteiger partial charge in [0.2, 0.25) is 5.91 Å². The number of ether oxygens (including phenoxy) is 1. The van der Waals surface area contributed by atoms with Gasteiger partial charge in [-0.2, -0.15) is 16.9 Å². The number of hydrogen-bond donors (Lipinski definition) is 3. The van der Waals surface area contributed by atoms with Gasteiger partial charge in [0.1, 0.15) is 24.0 Å². The number of nitrogens with zero attached hydrogens (tertiary/aromatic N) is 2. The highest BCUT2D eigenvalue weighted by Gasteiger charge is 2.30.